The molecule has 0 aliphatic carbocycles. The van der Waals surface area contributed by atoms with Crippen LogP contribution in [0.25, 0.3) is 0 Å². The van der Waals surface area contributed by atoms with Crippen LogP contribution < -0.4 is 0 Å². The zero-order chi connectivity index (χ0) is 13.9. The van der Waals surface area contributed by atoms with E-state index in [0.29, 0.717) is 11.7 Å². The molecule has 0 radical (unpaired) electrons. The lowest BCUT2D eigenvalue weighted by molar-refractivity contribution is -0.128. The molecule has 110 valence electrons. The van der Waals surface area contributed by atoms with Crippen molar-refractivity contribution in [1.29, 1.82) is 0 Å². The molecule has 1 atom stereocenters. The summed E-state index contributed by atoms with van der Waals surface area (Å²) < 4.78 is 0. The van der Waals surface area contributed by atoms with Crippen LogP contribution in [0.1, 0.15) is 34.4 Å². The number of hydrogen-bond donors (Lipinski definition) is 0. The highest BCUT2D eigenvalue weighted by Gasteiger charge is 2.33. The number of likely N-dealkylation sites (tertiary alicyclic amines) is 1. The van der Waals surface area contributed by atoms with Crippen LogP contribution in [0.5, 0.6) is 0 Å². The SMILES string of the molecule is Cc1ccc(C2SCC(=O)N2CCCN2CCCC2)s1. The minimum atomic E-state index is 0.264. The highest BCUT2D eigenvalue weighted by Crippen LogP contribution is 2.41. The molecular weight excluding hydrogens is 288 g/mol. The van der Waals surface area contributed by atoms with Crippen molar-refractivity contribution in [3.05, 3.63) is 21.9 Å². The van der Waals surface area contributed by atoms with Crippen molar-refractivity contribution in [2.75, 3.05) is 31.9 Å². The number of aryl methyl sites for hydroxylation is 1. The van der Waals surface area contributed by atoms with Gasteiger partial charge in [-0.05, 0) is 58.0 Å². The molecule has 0 aromatic carbocycles. The van der Waals surface area contributed by atoms with Crippen LogP contribution in [0.15, 0.2) is 12.1 Å². The van der Waals surface area contributed by atoms with E-state index < -0.39 is 0 Å². The van der Waals surface area contributed by atoms with Crippen molar-refractivity contribution in [1.82, 2.24) is 9.80 Å². The van der Waals surface area contributed by atoms with Gasteiger partial charge in [-0.1, -0.05) is 0 Å². The Kier molecular flexibility index (Phi) is 4.68. The summed E-state index contributed by atoms with van der Waals surface area (Å²) in [5.74, 6) is 0.957. The molecule has 2 saturated heterocycles. The second kappa shape index (κ2) is 6.50. The van der Waals surface area contributed by atoms with E-state index >= 15 is 0 Å². The lowest BCUT2D eigenvalue weighted by Crippen LogP contribution is -2.31. The number of rotatable bonds is 5. The molecular formula is C15H22N2OS2. The Morgan fingerprint density at radius 1 is 1.25 bits per heavy atom. The van der Waals surface area contributed by atoms with Crippen molar-refractivity contribution in [2.24, 2.45) is 0 Å². The summed E-state index contributed by atoms with van der Waals surface area (Å²) in [6.45, 7) is 6.67. The van der Waals surface area contributed by atoms with Crippen molar-refractivity contribution >= 4 is 29.0 Å². The van der Waals surface area contributed by atoms with E-state index in [1.165, 1.54) is 35.7 Å². The van der Waals surface area contributed by atoms with Gasteiger partial charge in [-0.3, -0.25) is 4.79 Å². The Bertz CT molecular complexity index is 468. The van der Waals surface area contributed by atoms with Crippen LogP contribution in [0.3, 0.4) is 0 Å². The third-order valence-corrected chi connectivity index (χ3v) is 6.48. The van der Waals surface area contributed by atoms with E-state index in [9.17, 15) is 4.79 Å². The quantitative estimate of drug-likeness (QED) is 0.835. The molecule has 3 rings (SSSR count). The molecule has 20 heavy (non-hydrogen) atoms. The fourth-order valence-electron chi connectivity index (χ4n) is 2.99. The third kappa shape index (κ3) is 3.21. The van der Waals surface area contributed by atoms with Crippen LogP contribution in [-0.2, 0) is 4.79 Å². The van der Waals surface area contributed by atoms with Gasteiger partial charge in [0.2, 0.25) is 5.91 Å². The summed E-state index contributed by atoms with van der Waals surface area (Å²) in [4.78, 5) is 19.4. The maximum absolute atomic E-state index is 12.1. The fraction of sp³-hybridized carbons (Fsp3) is 0.667. The highest BCUT2D eigenvalue weighted by atomic mass is 32.2. The van der Waals surface area contributed by atoms with Crippen molar-refractivity contribution in [2.45, 2.75) is 31.6 Å². The molecule has 1 aromatic rings. The first-order chi connectivity index (χ1) is 9.74. The van der Waals surface area contributed by atoms with Crippen LogP contribution >= 0.6 is 23.1 Å². The molecule has 0 spiro atoms. The van der Waals surface area contributed by atoms with Crippen molar-refractivity contribution < 1.29 is 4.79 Å². The van der Waals surface area contributed by atoms with Gasteiger partial charge in [0.1, 0.15) is 5.37 Å². The summed E-state index contributed by atoms with van der Waals surface area (Å²) >= 11 is 3.61. The second-order valence-electron chi connectivity index (χ2n) is 5.60. The van der Waals surface area contributed by atoms with Crippen LogP contribution in [0.4, 0.5) is 0 Å². The molecule has 0 saturated carbocycles. The van der Waals surface area contributed by atoms with Crippen molar-refractivity contribution in [3.63, 3.8) is 0 Å². The topological polar surface area (TPSA) is 23.6 Å². The van der Waals surface area contributed by atoms with E-state index in [1.54, 1.807) is 11.8 Å². The average molecular weight is 310 g/mol. The van der Waals surface area contributed by atoms with Crippen LogP contribution in [0, 0.1) is 6.92 Å². The summed E-state index contributed by atoms with van der Waals surface area (Å²) in [7, 11) is 0. The zero-order valence-electron chi connectivity index (χ0n) is 12.0. The first-order valence-electron chi connectivity index (χ1n) is 7.44. The summed E-state index contributed by atoms with van der Waals surface area (Å²) in [6, 6.07) is 4.34. The molecule has 3 nitrogen and oxygen atoms in total. The molecule has 1 aromatic heterocycles. The van der Waals surface area contributed by atoms with Gasteiger partial charge in [0.25, 0.3) is 0 Å². The van der Waals surface area contributed by atoms with Gasteiger partial charge in [0, 0.05) is 16.3 Å². The number of thiophene rings is 1. The molecule has 1 amide bonds. The molecule has 2 aliphatic rings. The lowest BCUT2D eigenvalue weighted by atomic mass is 10.3. The summed E-state index contributed by atoms with van der Waals surface area (Å²) in [5, 5.41) is 0.264. The van der Waals surface area contributed by atoms with Crippen molar-refractivity contribution in [3.8, 4) is 0 Å². The Labute approximate surface area is 129 Å². The highest BCUT2D eigenvalue weighted by molar-refractivity contribution is 8.00. The van der Waals surface area contributed by atoms with E-state index in [2.05, 4.69) is 28.9 Å². The average Bonchev–Trinajstić information content (AvgIpc) is 3.13. The van der Waals surface area contributed by atoms with Gasteiger partial charge in [-0.25, -0.2) is 0 Å². The van der Waals surface area contributed by atoms with Gasteiger partial charge in [-0.15, -0.1) is 23.1 Å². The molecule has 3 heterocycles. The number of carbonyl (C=O) groups is 1. The minimum absolute atomic E-state index is 0.264. The zero-order valence-corrected chi connectivity index (χ0v) is 13.6. The number of nitrogens with zero attached hydrogens (tertiary/aromatic N) is 2. The molecule has 0 bridgehead atoms. The maximum Gasteiger partial charge on any atom is 0.233 e. The van der Waals surface area contributed by atoms with E-state index in [1.807, 2.05) is 11.3 Å². The van der Waals surface area contributed by atoms with Gasteiger partial charge < -0.3 is 9.80 Å². The third-order valence-electron chi connectivity index (χ3n) is 4.04. The predicted molar refractivity (Wildman–Crippen MR) is 86.3 cm³/mol. The molecule has 5 heteroatoms. The Morgan fingerprint density at radius 3 is 2.75 bits per heavy atom. The normalized spacial score (nSPS) is 23.9. The van der Waals surface area contributed by atoms with Gasteiger partial charge in [0.15, 0.2) is 0 Å². The summed E-state index contributed by atoms with van der Waals surface area (Å²) in [6.07, 6.45) is 3.79. The molecule has 1 unspecified atom stereocenters. The Hall–Kier alpha value is -0.520. The standard InChI is InChI=1S/C15H22N2OS2/c1-12-5-6-13(20-12)15-17(14(18)11-19-15)10-4-9-16-7-2-3-8-16/h5-6,15H,2-4,7-11H2,1H3. The number of thioether (sulfide) groups is 1. The lowest BCUT2D eigenvalue weighted by Gasteiger charge is -2.24. The Balaban J connectivity index is 1.56. The fourth-order valence-corrected chi connectivity index (χ4v) is 5.32. The van der Waals surface area contributed by atoms with Gasteiger partial charge >= 0.3 is 0 Å². The van der Waals surface area contributed by atoms with E-state index in [-0.39, 0.29) is 5.37 Å². The monoisotopic (exact) mass is 310 g/mol. The first-order valence-corrected chi connectivity index (χ1v) is 9.30. The number of hydrogen-bond acceptors (Lipinski definition) is 4. The maximum atomic E-state index is 12.1. The van der Waals surface area contributed by atoms with E-state index in [0.717, 1.165) is 19.5 Å². The molecule has 2 fully saturated rings. The van der Waals surface area contributed by atoms with Gasteiger partial charge in [0.05, 0.1) is 5.75 Å². The molecule has 0 N–H and O–H groups in total. The number of amides is 1. The smallest absolute Gasteiger partial charge is 0.233 e. The predicted octanol–water partition coefficient (Wildman–Crippen LogP) is 3.12. The second-order valence-corrected chi connectivity index (χ2v) is 7.99. The van der Waals surface area contributed by atoms with E-state index in [4.69, 9.17) is 0 Å². The first kappa shape index (κ1) is 14.4. The summed E-state index contributed by atoms with van der Waals surface area (Å²) in [5.41, 5.74) is 0. The number of carbonyl (C=O) groups excluding carboxylic acids is 1. The Morgan fingerprint density at radius 2 is 2.05 bits per heavy atom. The largest absolute Gasteiger partial charge is 0.325 e. The molecule has 2 aliphatic heterocycles. The van der Waals surface area contributed by atoms with Crippen LogP contribution in [0.2, 0.25) is 0 Å². The van der Waals surface area contributed by atoms with Crippen LogP contribution in [-0.4, -0.2) is 47.6 Å². The van der Waals surface area contributed by atoms with Gasteiger partial charge in [-0.2, -0.15) is 0 Å². The minimum Gasteiger partial charge on any atom is -0.325 e.